The molecule has 1 atom stereocenters. The Kier molecular flexibility index (Phi) is 7.59. The van der Waals surface area contributed by atoms with Crippen molar-refractivity contribution in [1.29, 1.82) is 0 Å². The third-order valence-electron chi connectivity index (χ3n) is 4.98. The maximum atomic E-state index is 14.0. The molecule has 2 aromatic carbocycles. The summed E-state index contributed by atoms with van der Waals surface area (Å²) in [7, 11) is 0. The second-order valence-corrected chi connectivity index (χ2v) is 8.49. The van der Waals surface area contributed by atoms with E-state index in [-0.39, 0.29) is 18.5 Å². The number of nitrogens with one attached hydrogen (secondary N) is 1. The van der Waals surface area contributed by atoms with Gasteiger partial charge >= 0.3 is 5.69 Å². The summed E-state index contributed by atoms with van der Waals surface area (Å²) in [5.41, 5.74) is 3.42. The molecule has 0 saturated carbocycles. The van der Waals surface area contributed by atoms with Crippen molar-refractivity contribution < 1.29 is 9.13 Å². The Bertz CT molecular complexity index is 1250. The van der Waals surface area contributed by atoms with Gasteiger partial charge in [0.05, 0.1) is 18.4 Å². The summed E-state index contributed by atoms with van der Waals surface area (Å²) in [5.74, 6) is 0.444. The van der Waals surface area contributed by atoms with Gasteiger partial charge in [-0.1, -0.05) is 60.3 Å². The van der Waals surface area contributed by atoms with Gasteiger partial charge in [0, 0.05) is 35.0 Å². The lowest BCUT2D eigenvalue weighted by Crippen LogP contribution is -2.08. The molecule has 0 aliphatic rings. The summed E-state index contributed by atoms with van der Waals surface area (Å²) in [5, 5.41) is 0.636. The van der Waals surface area contributed by atoms with E-state index in [2.05, 4.69) is 19.9 Å². The van der Waals surface area contributed by atoms with E-state index in [9.17, 15) is 9.18 Å². The van der Waals surface area contributed by atoms with Gasteiger partial charge in [0.15, 0.2) is 5.16 Å². The number of aryl methyl sites for hydroxylation is 1. The monoisotopic (exact) mass is 462 g/mol. The summed E-state index contributed by atoms with van der Waals surface area (Å²) in [6.45, 7) is 2.10. The Morgan fingerprint density at radius 2 is 1.88 bits per heavy atom. The topological polar surface area (TPSA) is 80.8 Å². The molecule has 0 amide bonds. The maximum absolute atomic E-state index is 14.0. The van der Waals surface area contributed by atoms with E-state index in [1.807, 2.05) is 43.3 Å². The summed E-state index contributed by atoms with van der Waals surface area (Å²) in [6.07, 6.45) is 3.60. The molecular weight excluding hydrogens is 439 g/mol. The van der Waals surface area contributed by atoms with Crippen LogP contribution in [0.3, 0.4) is 0 Å². The van der Waals surface area contributed by atoms with E-state index in [0.717, 1.165) is 16.8 Å². The molecule has 0 aliphatic heterocycles. The van der Waals surface area contributed by atoms with Crippen molar-refractivity contribution in [3.05, 3.63) is 106 Å². The molecular formula is C25H23FN4O2S. The van der Waals surface area contributed by atoms with Crippen molar-refractivity contribution >= 4 is 11.8 Å². The number of hydrogen-bond donors (Lipinski definition) is 1. The standard InChI is InChI=1S/C25H23FN4O2S/c1-17-13-22(20-14-27-24(31)28-15-20)30-25(29-17)33-12-11-23(18-7-3-2-4-8-18)32-16-19-9-5-6-10-21(19)26/h2-10,13-15,23H,11-12,16H2,1H3,(H,27,28,31). The molecule has 0 spiro atoms. The SMILES string of the molecule is Cc1cc(-c2cnc(=O)[nH]c2)nc(SCCC(OCc2ccccc2F)c2ccccc2)n1. The quantitative estimate of drug-likeness (QED) is 0.275. The molecule has 1 unspecified atom stereocenters. The third-order valence-corrected chi connectivity index (χ3v) is 5.86. The highest BCUT2D eigenvalue weighted by molar-refractivity contribution is 7.99. The molecule has 0 fully saturated rings. The Morgan fingerprint density at radius 3 is 2.64 bits per heavy atom. The van der Waals surface area contributed by atoms with Gasteiger partial charge < -0.3 is 9.72 Å². The van der Waals surface area contributed by atoms with Crippen LogP contribution >= 0.6 is 11.8 Å². The lowest BCUT2D eigenvalue weighted by Gasteiger charge is -2.18. The summed E-state index contributed by atoms with van der Waals surface area (Å²) < 4.78 is 20.2. The van der Waals surface area contributed by atoms with Crippen molar-refractivity contribution in [2.75, 3.05) is 5.75 Å². The van der Waals surface area contributed by atoms with Crippen LogP contribution in [0.25, 0.3) is 11.3 Å². The number of ether oxygens (including phenoxy) is 1. The highest BCUT2D eigenvalue weighted by Crippen LogP contribution is 2.27. The number of hydrogen-bond acceptors (Lipinski definition) is 6. The van der Waals surface area contributed by atoms with E-state index in [1.165, 1.54) is 24.0 Å². The van der Waals surface area contributed by atoms with Crippen LogP contribution in [-0.4, -0.2) is 25.7 Å². The van der Waals surface area contributed by atoms with Crippen LogP contribution in [0.15, 0.2) is 83.0 Å². The molecule has 4 rings (SSSR count). The highest BCUT2D eigenvalue weighted by Gasteiger charge is 2.14. The maximum Gasteiger partial charge on any atom is 0.344 e. The van der Waals surface area contributed by atoms with Crippen LogP contribution in [0, 0.1) is 12.7 Å². The Morgan fingerprint density at radius 1 is 1.09 bits per heavy atom. The van der Waals surface area contributed by atoms with Crippen LogP contribution in [0.2, 0.25) is 0 Å². The van der Waals surface area contributed by atoms with E-state index in [0.29, 0.717) is 28.6 Å². The predicted octanol–water partition coefficient (Wildman–Crippen LogP) is 5.11. The Hall–Kier alpha value is -3.36. The van der Waals surface area contributed by atoms with Crippen LogP contribution in [-0.2, 0) is 11.3 Å². The lowest BCUT2D eigenvalue weighted by molar-refractivity contribution is 0.0364. The zero-order valence-electron chi connectivity index (χ0n) is 18.1. The number of H-pyrrole nitrogens is 1. The van der Waals surface area contributed by atoms with Crippen molar-refractivity contribution in [3.63, 3.8) is 0 Å². The average Bonchev–Trinajstić information content (AvgIpc) is 2.83. The van der Waals surface area contributed by atoms with Crippen molar-refractivity contribution in [2.45, 2.75) is 31.2 Å². The Labute approximate surface area is 195 Å². The van der Waals surface area contributed by atoms with Crippen molar-refractivity contribution in [3.8, 4) is 11.3 Å². The average molecular weight is 463 g/mol. The Balaban J connectivity index is 1.44. The molecule has 2 aromatic heterocycles. The van der Waals surface area contributed by atoms with Crippen LogP contribution in [0.5, 0.6) is 0 Å². The zero-order chi connectivity index (χ0) is 23.0. The number of rotatable bonds is 9. The van der Waals surface area contributed by atoms with Gasteiger partial charge in [0.25, 0.3) is 0 Å². The van der Waals surface area contributed by atoms with Crippen LogP contribution in [0.4, 0.5) is 4.39 Å². The lowest BCUT2D eigenvalue weighted by atomic mass is 10.1. The second kappa shape index (κ2) is 11.0. The first-order valence-electron chi connectivity index (χ1n) is 10.5. The molecule has 0 saturated heterocycles. The van der Waals surface area contributed by atoms with Gasteiger partial charge in [-0.3, -0.25) is 0 Å². The summed E-state index contributed by atoms with van der Waals surface area (Å²) in [4.78, 5) is 26.7. The zero-order valence-corrected chi connectivity index (χ0v) is 18.9. The first-order chi connectivity index (χ1) is 16.1. The van der Waals surface area contributed by atoms with E-state index < -0.39 is 5.69 Å². The highest BCUT2D eigenvalue weighted by atomic mass is 32.2. The molecule has 0 radical (unpaired) electrons. The predicted molar refractivity (Wildman–Crippen MR) is 126 cm³/mol. The number of aromatic amines is 1. The molecule has 33 heavy (non-hydrogen) atoms. The number of thioether (sulfide) groups is 1. The normalized spacial score (nSPS) is 11.9. The fourth-order valence-corrected chi connectivity index (χ4v) is 4.20. The number of nitrogens with zero attached hydrogens (tertiary/aromatic N) is 3. The summed E-state index contributed by atoms with van der Waals surface area (Å²) >= 11 is 1.53. The molecule has 0 bridgehead atoms. The largest absolute Gasteiger partial charge is 0.369 e. The molecule has 1 N–H and O–H groups in total. The van der Waals surface area contributed by atoms with Crippen LogP contribution in [0.1, 0.15) is 29.3 Å². The molecule has 8 heteroatoms. The third kappa shape index (κ3) is 6.34. The number of aromatic nitrogens is 4. The fraction of sp³-hybridized carbons (Fsp3) is 0.200. The molecule has 6 nitrogen and oxygen atoms in total. The first-order valence-corrected chi connectivity index (χ1v) is 11.5. The molecule has 2 heterocycles. The number of benzene rings is 2. The van der Waals surface area contributed by atoms with Gasteiger partial charge in [-0.25, -0.2) is 24.1 Å². The molecule has 0 aliphatic carbocycles. The van der Waals surface area contributed by atoms with Crippen molar-refractivity contribution in [2.24, 2.45) is 0 Å². The van der Waals surface area contributed by atoms with Crippen molar-refractivity contribution in [1.82, 2.24) is 19.9 Å². The van der Waals surface area contributed by atoms with Gasteiger partial charge in [0.2, 0.25) is 0 Å². The van der Waals surface area contributed by atoms with E-state index in [1.54, 1.807) is 24.4 Å². The van der Waals surface area contributed by atoms with Gasteiger partial charge in [-0.2, -0.15) is 0 Å². The first kappa shape index (κ1) is 22.8. The number of halogens is 1. The smallest absolute Gasteiger partial charge is 0.344 e. The summed E-state index contributed by atoms with van der Waals surface area (Å²) in [6, 6.07) is 18.4. The minimum Gasteiger partial charge on any atom is -0.369 e. The molecule has 168 valence electrons. The fourth-order valence-electron chi connectivity index (χ4n) is 3.31. The van der Waals surface area contributed by atoms with Gasteiger partial charge in [-0.15, -0.1) is 0 Å². The van der Waals surface area contributed by atoms with Gasteiger partial charge in [0.1, 0.15) is 5.82 Å². The van der Waals surface area contributed by atoms with E-state index >= 15 is 0 Å². The minimum atomic E-state index is -0.401. The second-order valence-electron chi connectivity index (χ2n) is 7.42. The van der Waals surface area contributed by atoms with Crippen LogP contribution < -0.4 is 5.69 Å². The minimum absolute atomic E-state index is 0.189. The van der Waals surface area contributed by atoms with Gasteiger partial charge in [-0.05, 0) is 31.0 Å². The molecule has 4 aromatic rings. The van der Waals surface area contributed by atoms with E-state index in [4.69, 9.17) is 4.74 Å².